The molecule has 3 N–H and O–H groups in total. The molecule has 0 aromatic heterocycles. The van der Waals surface area contributed by atoms with Crippen LogP contribution < -0.4 is 10.6 Å². The van der Waals surface area contributed by atoms with Crippen molar-refractivity contribution in [3.63, 3.8) is 0 Å². The number of carbonyl (C=O) groups is 2. The number of hydrogen-bond donors (Lipinski definition) is 3. The van der Waals surface area contributed by atoms with Crippen LogP contribution in [-0.4, -0.2) is 67.3 Å². The Balaban J connectivity index is 1.24. The molecule has 2 aliphatic rings. The van der Waals surface area contributed by atoms with E-state index < -0.39 is 6.29 Å². The molecule has 2 fully saturated rings. The molecule has 2 aliphatic heterocycles. The van der Waals surface area contributed by atoms with Crippen molar-refractivity contribution in [2.24, 2.45) is 5.92 Å². The number of unbranched alkanes of at least 4 members (excludes halogenated alkanes) is 2. The van der Waals surface area contributed by atoms with Crippen LogP contribution in [0.15, 0.2) is 72.8 Å². The quantitative estimate of drug-likeness (QED) is 0.205. The number of amides is 2. The van der Waals surface area contributed by atoms with Crippen LogP contribution in [0.4, 0.5) is 0 Å². The molecule has 3 aromatic carbocycles. The highest BCUT2D eigenvalue weighted by Gasteiger charge is 2.39. The van der Waals surface area contributed by atoms with Gasteiger partial charge in [-0.15, -0.1) is 0 Å². The maximum absolute atomic E-state index is 12.5. The van der Waals surface area contributed by atoms with E-state index in [1.807, 2.05) is 36.4 Å². The van der Waals surface area contributed by atoms with Crippen molar-refractivity contribution < 1.29 is 28.9 Å². The molecule has 9 heteroatoms. The number of nitrogens with one attached hydrogen (secondary N) is 2. The Morgan fingerprint density at radius 3 is 2.32 bits per heavy atom. The number of aliphatic hydroxyl groups excluding tert-OH is 1. The summed E-state index contributed by atoms with van der Waals surface area (Å²) in [5.41, 5.74) is 6.08. The number of benzene rings is 3. The maximum Gasteiger partial charge on any atom is 0.220 e. The molecule has 0 spiro atoms. The first-order chi connectivity index (χ1) is 22.9. The van der Waals surface area contributed by atoms with Crippen LogP contribution in [0.5, 0.6) is 0 Å². The molecular formula is C38H49N3O6. The van der Waals surface area contributed by atoms with E-state index in [1.165, 1.54) is 6.92 Å². The lowest BCUT2D eigenvalue weighted by Gasteiger charge is -2.43. The molecule has 0 bridgehead atoms. The third kappa shape index (κ3) is 9.95. The molecule has 3 aromatic rings. The molecule has 47 heavy (non-hydrogen) atoms. The lowest BCUT2D eigenvalue weighted by molar-refractivity contribution is -0.277. The molecule has 252 valence electrons. The highest BCUT2D eigenvalue weighted by Crippen LogP contribution is 2.42. The van der Waals surface area contributed by atoms with Gasteiger partial charge in [-0.3, -0.25) is 14.5 Å². The average molecular weight is 644 g/mol. The van der Waals surface area contributed by atoms with Gasteiger partial charge >= 0.3 is 0 Å². The number of hydrogen-bond acceptors (Lipinski definition) is 7. The fraction of sp³-hybridized carbons (Fsp3) is 0.474. The van der Waals surface area contributed by atoms with Crippen molar-refractivity contribution in [1.82, 2.24) is 15.5 Å². The Kier molecular flexibility index (Phi) is 12.9. The predicted octanol–water partition coefficient (Wildman–Crippen LogP) is 5.28. The second-order valence-electron chi connectivity index (χ2n) is 12.6. The summed E-state index contributed by atoms with van der Waals surface area (Å²) >= 11 is 0. The summed E-state index contributed by atoms with van der Waals surface area (Å²) in [5, 5.41) is 15.4. The largest absolute Gasteiger partial charge is 0.392 e. The van der Waals surface area contributed by atoms with E-state index in [0.717, 1.165) is 85.5 Å². The Hall–Kier alpha value is -3.60. The van der Waals surface area contributed by atoms with E-state index in [9.17, 15) is 14.7 Å². The molecule has 2 amide bonds. The molecule has 9 nitrogen and oxygen atoms in total. The topological polar surface area (TPSA) is 109 Å². The normalized spacial score (nSPS) is 21.7. The van der Waals surface area contributed by atoms with E-state index >= 15 is 0 Å². The first kappa shape index (κ1) is 34.7. The van der Waals surface area contributed by atoms with Gasteiger partial charge in [-0.2, -0.15) is 0 Å². The Morgan fingerprint density at radius 1 is 0.872 bits per heavy atom. The van der Waals surface area contributed by atoms with Crippen LogP contribution in [-0.2, 0) is 37.0 Å². The van der Waals surface area contributed by atoms with Gasteiger partial charge in [0, 0.05) is 57.5 Å². The minimum Gasteiger partial charge on any atom is -0.392 e. The van der Waals surface area contributed by atoms with Crippen molar-refractivity contribution in [2.45, 2.75) is 71.2 Å². The Bertz CT molecular complexity index is 1420. The van der Waals surface area contributed by atoms with Crippen LogP contribution in [0.25, 0.3) is 11.1 Å². The number of rotatable bonds is 14. The Labute approximate surface area is 278 Å². The van der Waals surface area contributed by atoms with Gasteiger partial charge in [0.2, 0.25) is 11.8 Å². The summed E-state index contributed by atoms with van der Waals surface area (Å²) < 4.78 is 18.9. The molecule has 2 heterocycles. The van der Waals surface area contributed by atoms with Gasteiger partial charge in [0.25, 0.3) is 0 Å². The number of ether oxygens (including phenoxy) is 3. The first-order valence-electron chi connectivity index (χ1n) is 16.9. The number of carbonyl (C=O) groups excluding carboxylic acids is 2. The maximum atomic E-state index is 12.5. The summed E-state index contributed by atoms with van der Waals surface area (Å²) in [5.74, 6) is 0.131. The highest BCUT2D eigenvalue weighted by atomic mass is 16.7. The van der Waals surface area contributed by atoms with Gasteiger partial charge in [-0.25, -0.2) is 0 Å². The second-order valence-corrected chi connectivity index (χ2v) is 12.6. The third-order valence-corrected chi connectivity index (χ3v) is 9.11. The fourth-order valence-electron chi connectivity index (χ4n) is 6.28. The van der Waals surface area contributed by atoms with E-state index in [0.29, 0.717) is 19.5 Å². The van der Waals surface area contributed by atoms with E-state index in [2.05, 4.69) is 58.9 Å². The van der Waals surface area contributed by atoms with Crippen molar-refractivity contribution in [2.75, 3.05) is 39.4 Å². The molecule has 2 saturated heterocycles. The van der Waals surface area contributed by atoms with Crippen molar-refractivity contribution in [3.8, 4) is 11.1 Å². The fourth-order valence-corrected chi connectivity index (χ4v) is 6.28. The second kappa shape index (κ2) is 17.5. The van der Waals surface area contributed by atoms with Crippen LogP contribution >= 0.6 is 0 Å². The lowest BCUT2D eigenvalue weighted by atomic mass is 9.90. The molecule has 0 saturated carbocycles. The van der Waals surface area contributed by atoms with Crippen molar-refractivity contribution in [1.29, 1.82) is 0 Å². The van der Waals surface area contributed by atoms with Crippen LogP contribution in [0.1, 0.15) is 74.2 Å². The lowest BCUT2D eigenvalue weighted by Crippen LogP contribution is -2.47. The van der Waals surface area contributed by atoms with Crippen molar-refractivity contribution in [3.05, 3.63) is 95.1 Å². The van der Waals surface area contributed by atoms with Crippen LogP contribution in [0, 0.1) is 5.92 Å². The van der Waals surface area contributed by atoms with E-state index in [1.54, 1.807) is 0 Å². The molecular weight excluding hydrogens is 594 g/mol. The van der Waals surface area contributed by atoms with Crippen LogP contribution in [0.2, 0.25) is 0 Å². The smallest absolute Gasteiger partial charge is 0.220 e. The van der Waals surface area contributed by atoms with Gasteiger partial charge in [0.05, 0.1) is 32.0 Å². The number of aliphatic hydroxyl groups is 1. The summed E-state index contributed by atoms with van der Waals surface area (Å²) in [6.07, 6.45) is 2.31. The zero-order chi connectivity index (χ0) is 33.0. The van der Waals surface area contributed by atoms with Gasteiger partial charge in [0.15, 0.2) is 6.29 Å². The van der Waals surface area contributed by atoms with Gasteiger partial charge < -0.3 is 30.0 Å². The molecule has 5 rings (SSSR count). The SMILES string of the molecule is CC(=O)NCCCCCC(=O)NCc1ccccc1-c1ccc(C2OC(CN3CCOCC3)C(C)C(c3ccc(CO)cc3)O2)cc1. The number of morpholine rings is 1. The highest BCUT2D eigenvalue weighted by molar-refractivity contribution is 5.76. The first-order valence-corrected chi connectivity index (χ1v) is 16.9. The zero-order valence-electron chi connectivity index (χ0n) is 27.7. The summed E-state index contributed by atoms with van der Waals surface area (Å²) in [6.45, 7) is 8.89. The third-order valence-electron chi connectivity index (χ3n) is 9.11. The molecule has 0 aliphatic carbocycles. The zero-order valence-corrected chi connectivity index (χ0v) is 27.7. The van der Waals surface area contributed by atoms with Gasteiger partial charge in [0.1, 0.15) is 0 Å². The molecule has 4 atom stereocenters. The van der Waals surface area contributed by atoms with Crippen molar-refractivity contribution >= 4 is 11.8 Å². The minimum absolute atomic E-state index is 0.0106. The predicted molar refractivity (Wildman–Crippen MR) is 181 cm³/mol. The summed E-state index contributed by atoms with van der Waals surface area (Å²) in [7, 11) is 0. The van der Waals surface area contributed by atoms with Gasteiger partial charge in [-0.1, -0.05) is 86.1 Å². The Morgan fingerprint density at radius 2 is 1.60 bits per heavy atom. The van der Waals surface area contributed by atoms with Crippen LogP contribution in [0.3, 0.4) is 0 Å². The number of nitrogens with zero attached hydrogens (tertiary/aromatic N) is 1. The van der Waals surface area contributed by atoms with E-state index in [4.69, 9.17) is 14.2 Å². The summed E-state index contributed by atoms with van der Waals surface area (Å²) in [6, 6.07) is 24.5. The summed E-state index contributed by atoms with van der Waals surface area (Å²) in [4.78, 5) is 25.9. The minimum atomic E-state index is -0.526. The molecule has 0 radical (unpaired) electrons. The monoisotopic (exact) mass is 643 g/mol. The standard InChI is InChI=1S/C38H49N3O6/c1-27-35(25-41-20-22-45-23-21-41)46-38(47-37(27)31-13-11-29(26-42)12-14-31)32-17-15-30(16-18-32)34-9-6-5-8-33(34)24-40-36(44)10-4-3-7-19-39-28(2)43/h5-6,8-9,11-18,27,35,37-38,42H,3-4,7,10,19-26H2,1-2H3,(H,39,43)(H,40,44). The van der Waals surface area contributed by atoms with E-state index in [-0.39, 0.29) is 36.5 Å². The van der Waals surface area contributed by atoms with Gasteiger partial charge in [-0.05, 0) is 40.7 Å². The average Bonchev–Trinajstić information content (AvgIpc) is 3.10. The molecule has 4 unspecified atom stereocenters.